The van der Waals surface area contributed by atoms with Gasteiger partial charge >= 0.3 is 0 Å². The molecule has 0 aromatic rings. The van der Waals surface area contributed by atoms with Gasteiger partial charge in [0.25, 0.3) is 0 Å². The minimum atomic E-state index is 0.817. The van der Waals surface area contributed by atoms with Crippen molar-refractivity contribution in [1.29, 1.82) is 0 Å². The van der Waals surface area contributed by atoms with Crippen molar-refractivity contribution in [3.8, 4) is 0 Å². The Morgan fingerprint density at radius 2 is 2.00 bits per heavy atom. The molecule has 0 aromatic carbocycles. The van der Waals surface area contributed by atoms with E-state index in [0.717, 1.165) is 12.3 Å². The van der Waals surface area contributed by atoms with Crippen LogP contribution in [0, 0.1) is 5.92 Å². The molecule has 0 aliphatic rings. The maximum Gasteiger partial charge on any atom is -0.0249 e. The van der Waals surface area contributed by atoms with Crippen molar-refractivity contribution >= 4 is 0 Å². The van der Waals surface area contributed by atoms with Gasteiger partial charge in [0, 0.05) is 0 Å². The molecule has 0 saturated carbocycles. The molecule has 0 nitrogen and oxygen atoms in total. The van der Waals surface area contributed by atoms with Crippen molar-refractivity contribution in [2.75, 3.05) is 0 Å². The second kappa shape index (κ2) is 7.63. The second-order valence-electron chi connectivity index (χ2n) is 3.11. The molecular weight excluding hydrogens is 132 g/mol. The Bertz CT molecular complexity index is 127. The van der Waals surface area contributed by atoms with Crippen molar-refractivity contribution in [3.05, 3.63) is 17.9 Å². The van der Waals surface area contributed by atoms with Crippen LogP contribution in [0.3, 0.4) is 0 Å². The highest BCUT2D eigenvalue weighted by Gasteiger charge is 1.91. The number of allylic oxidation sites excluding steroid dienone is 1. The molecule has 11 heavy (non-hydrogen) atoms. The molecule has 0 bridgehead atoms. The third-order valence-electron chi connectivity index (χ3n) is 1.89. The van der Waals surface area contributed by atoms with Gasteiger partial charge in [-0.2, -0.15) is 0 Å². The van der Waals surface area contributed by atoms with E-state index in [0.29, 0.717) is 0 Å². The van der Waals surface area contributed by atoms with E-state index < -0.39 is 0 Å². The summed E-state index contributed by atoms with van der Waals surface area (Å²) in [5.74, 6) is 0.817. The van der Waals surface area contributed by atoms with Gasteiger partial charge in [-0.05, 0) is 30.9 Å². The summed E-state index contributed by atoms with van der Waals surface area (Å²) >= 11 is 0. The van der Waals surface area contributed by atoms with Gasteiger partial charge < -0.3 is 0 Å². The molecule has 0 spiro atoms. The molecular formula is C11H20. The Balaban J connectivity index is 3.42. The zero-order valence-corrected chi connectivity index (χ0v) is 8.06. The van der Waals surface area contributed by atoms with Gasteiger partial charge in [-0.3, -0.25) is 0 Å². The average molecular weight is 152 g/mol. The number of rotatable bonds is 5. The lowest BCUT2D eigenvalue weighted by atomic mass is 10.1. The third-order valence-corrected chi connectivity index (χ3v) is 1.89. The molecule has 0 radical (unpaired) electrons. The summed E-state index contributed by atoms with van der Waals surface area (Å²) in [5, 5.41) is 0. The zero-order valence-electron chi connectivity index (χ0n) is 8.06. The van der Waals surface area contributed by atoms with E-state index in [9.17, 15) is 0 Å². The smallest absolute Gasteiger partial charge is 0.0249 e. The first-order valence-electron chi connectivity index (χ1n) is 4.70. The third kappa shape index (κ3) is 7.42. The Hall–Kier alpha value is -0.480. The highest BCUT2D eigenvalue weighted by molar-refractivity contribution is 4.85. The van der Waals surface area contributed by atoms with Crippen LogP contribution in [0.1, 0.15) is 46.5 Å². The van der Waals surface area contributed by atoms with Gasteiger partial charge in [0.15, 0.2) is 0 Å². The molecule has 0 heterocycles. The maximum absolute atomic E-state index is 3.20. The van der Waals surface area contributed by atoms with Crippen LogP contribution in [-0.2, 0) is 0 Å². The van der Waals surface area contributed by atoms with Crippen LogP contribution >= 0.6 is 0 Å². The van der Waals surface area contributed by atoms with Gasteiger partial charge in [0.05, 0.1) is 0 Å². The number of hydrogen-bond acceptors (Lipinski definition) is 0. The standard InChI is InChI=1S/C11H20/c1-4-6-7-8-9-10-11(3)5-2/h7,9,11H,4-6,10H2,1-3H3. The summed E-state index contributed by atoms with van der Waals surface area (Å²) in [7, 11) is 0. The quantitative estimate of drug-likeness (QED) is 0.523. The number of unbranched alkanes of at least 4 members (excludes halogenated alkanes) is 1. The monoisotopic (exact) mass is 152 g/mol. The lowest BCUT2D eigenvalue weighted by Crippen LogP contribution is -1.86. The van der Waals surface area contributed by atoms with Crippen LogP contribution in [0.5, 0.6) is 0 Å². The van der Waals surface area contributed by atoms with Crippen LogP contribution < -0.4 is 0 Å². The Morgan fingerprint density at radius 1 is 1.27 bits per heavy atom. The summed E-state index contributed by atoms with van der Waals surface area (Å²) in [6, 6.07) is 0. The first-order chi connectivity index (χ1) is 5.31. The van der Waals surface area contributed by atoms with Gasteiger partial charge in [-0.25, -0.2) is 0 Å². The minimum Gasteiger partial charge on any atom is -0.130 e. The molecule has 0 rings (SSSR count). The first kappa shape index (κ1) is 10.5. The van der Waals surface area contributed by atoms with Gasteiger partial charge in [0.2, 0.25) is 0 Å². The van der Waals surface area contributed by atoms with E-state index in [1.54, 1.807) is 0 Å². The van der Waals surface area contributed by atoms with Crippen molar-refractivity contribution in [3.63, 3.8) is 0 Å². The highest BCUT2D eigenvalue weighted by atomic mass is 14.0. The summed E-state index contributed by atoms with van der Waals surface area (Å²) in [4.78, 5) is 0. The van der Waals surface area contributed by atoms with E-state index in [1.165, 1.54) is 19.3 Å². The molecule has 0 saturated heterocycles. The Labute approximate surface area is 71.0 Å². The van der Waals surface area contributed by atoms with E-state index in [-0.39, 0.29) is 0 Å². The Morgan fingerprint density at radius 3 is 2.55 bits per heavy atom. The minimum absolute atomic E-state index is 0.817. The number of hydrogen-bond donors (Lipinski definition) is 0. The average Bonchev–Trinajstić information content (AvgIpc) is 2.04. The molecule has 0 amide bonds. The molecule has 0 aliphatic carbocycles. The van der Waals surface area contributed by atoms with E-state index in [2.05, 4.69) is 38.7 Å². The van der Waals surface area contributed by atoms with Crippen molar-refractivity contribution < 1.29 is 0 Å². The summed E-state index contributed by atoms with van der Waals surface area (Å²) < 4.78 is 0. The Kier molecular flexibility index (Phi) is 7.29. The molecule has 0 heteroatoms. The molecule has 0 N–H and O–H groups in total. The van der Waals surface area contributed by atoms with E-state index in [1.807, 2.05) is 0 Å². The van der Waals surface area contributed by atoms with Crippen molar-refractivity contribution in [1.82, 2.24) is 0 Å². The van der Waals surface area contributed by atoms with Crippen LogP contribution in [0.2, 0.25) is 0 Å². The predicted octanol–water partition coefficient (Wildman–Crippen LogP) is 3.93. The van der Waals surface area contributed by atoms with Gasteiger partial charge in [-0.15, -0.1) is 5.73 Å². The largest absolute Gasteiger partial charge is 0.130 e. The van der Waals surface area contributed by atoms with Crippen LogP contribution in [0.15, 0.2) is 17.9 Å². The van der Waals surface area contributed by atoms with Crippen LogP contribution in [0.25, 0.3) is 0 Å². The van der Waals surface area contributed by atoms with Gasteiger partial charge in [0.1, 0.15) is 0 Å². The SMILES string of the molecule is CCCC=C=CCC(C)CC. The fraction of sp³-hybridized carbons (Fsp3) is 0.727. The first-order valence-corrected chi connectivity index (χ1v) is 4.70. The molecule has 0 fully saturated rings. The van der Waals surface area contributed by atoms with E-state index >= 15 is 0 Å². The maximum atomic E-state index is 3.20. The highest BCUT2D eigenvalue weighted by Crippen LogP contribution is 2.05. The fourth-order valence-electron chi connectivity index (χ4n) is 0.747. The summed E-state index contributed by atoms with van der Waals surface area (Å²) in [6.07, 6.45) is 9.12. The summed E-state index contributed by atoms with van der Waals surface area (Å²) in [5.41, 5.74) is 3.20. The molecule has 0 aromatic heterocycles. The van der Waals surface area contributed by atoms with Crippen LogP contribution in [0.4, 0.5) is 0 Å². The molecule has 0 aliphatic heterocycles. The fourth-order valence-corrected chi connectivity index (χ4v) is 0.747. The molecule has 1 unspecified atom stereocenters. The van der Waals surface area contributed by atoms with E-state index in [4.69, 9.17) is 0 Å². The summed E-state index contributed by atoms with van der Waals surface area (Å²) in [6.45, 7) is 6.69. The zero-order chi connectivity index (χ0) is 8.53. The lowest BCUT2D eigenvalue weighted by Gasteiger charge is -2.00. The topological polar surface area (TPSA) is 0 Å². The normalized spacial score (nSPS) is 11.9. The molecule has 64 valence electrons. The lowest BCUT2D eigenvalue weighted by molar-refractivity contribution is 0.572. The van der Waals surface area contributed by atoms with Crippen molar-refractivity contribution in [2.45, 2.75) is 46.5 Å². The molecule has 1 atom stereocenters. The van der Waals surface area contributed by atoms with Crippen molar-refractivity contribution in [2.24, 2.45) is 5.92 Å². The second-order valence-corrected chi connectivity index (χ2v) is 3.11. The predicted molar refractivity (Wildman–Crippen MR) is 51.6 cm³/mol. The van der Waals surface area contributed by atoms with Crippen LogP contribution in [-0.4, -0.2) is 0 Å². The van der Waals surface area contributed by atoms with Gasteiger partial charge in [-0.1, -0.05) is 33.6 Å².